The van der Waals surface area contributed by atoms with E-state index in [0.29, 0.717) is 36.6 Å². The summed E-state index contributed by atoms with van der Waals surface area (Å²) < 4.78 is 22.0. The van der Waals surface area contributed by atoms with Crippen LogP contribution >= 0.6 is 0 Å². The van der Waals surface area contributed by atoms with Gasteiger partial charge in [0, 0.05) is 19.5 Å². The van der Waals surface area contributed by atoms with Crippen molar-refractivity contribution in [1.82, 2.24) is 26.6 Å². The van der Waals surface area contributed by atoms with Gasteiger partial charge in [0.25, 0.3) is 11.8 Å². The summed E-state index contributed by atoms with van der Waals surface area (Å²) in [5.41, 5.74) is 1.84. The van der Waals surface area contributed by atoms with E-state index in [1.165, 1.54) is 21.3 Å². The molecule has 3 aromatic carbocycles. The molecule has 4 rings (SSSR count). The number of hydrogen-bond donors (Lipinski definition) is 5. The summed E-state index contributed by atoms with van der Waals surface area (Å²) in [6, 6.07) is 16.3. The fourth-order valence-corrected chi connectivity index (χ4v) is 6.02. The minimum absolute atomic E-state index is 0.0948. The highest BCUT2D eigenvalue weighted by molar-refractivity contribution is 6.01. The molecular weight excluding hydrogens is 694 g/mol. The van der Waals surface area contributed by atoms with Crippen LogP contribution in [0.5, 0.6) is 23.0 Å². The summed E-state index contributed by atoms with van der Waals surface area (Å²) in [7, 11) is 4.36. The lowest BCUT2D eigenvalue weighted by Gasteiger charge is -2.27. The number of carbonyl (C=O) groups is 5. The summed E-state index contributed by atoms with van der Waals surface area (Å²) in [5, 5.41) is 14.2. The van der Waals surface area contributed by atoms with Crippen LogP contribution in [0.15, 0.2) is 66.7 Å². The summed E-state index contributed by atoms with van der Waals surface area (Å²) in [6.45, 7) is 3.89. The van der Waals surface area contributed by atoms with Crippen LogP contribution in [0.1, 0.15) is 54.6 Å². The highest BCUT2D eigenvalue weighted by Crippen LogP contribution is 2.31. The molecule has 0 aromatic heterocycles. The molecule has 3 aromatic rings. The Balaban J connectivity index is 1.64. The molecule has 0 saturated carbocycles. The van der Waals surface area contributed by atoms with E-state index in [4.69, 9.17) is 18.9 Å². The van der Waals surface area contributed by atoms with Crippen molar-refractivity contribution in [3.05, 3.63) is 83.4 Å². The second kappa shape index (κ2) is 20.5. The Bertz CT molecular complexity index is 1750. The zero-order valence-electron chi connectivity index (χ0n) is 31.5. The van der Waals surface area contributed by atoms with Crippen LogP contribution in [0.25, 0.3) is 0 Å². The largest absolute Gasteiger partial charge is 0.493 e. The average Bonchev–Trinajstić information content (AvgIpc) is 3.17. The first-order valence-electron chi connectivity index (χ1n) is 18.0. The van der Waals surface area contributed by atoms with Gasteiger partial charge in [-0.05, 0) is 67.0 Å². The van der Waals surface area contributed by atoms with Crippen molar-refractivity contribution in [2.24, 2.45) is 5.92 Å². The van der Waals surface area contributed by atoms with E-state index in [0.717, 1.165) is 11.1 Å². The third kappa shape index (κ3) is 11.6. The smallest absolute Gasteiger partial charge is 0.257 e. The molecule has 14 heteroatoms. The van der Waals surface area contributed by atoms with Gasteiger partial charge in [-0.2, -0.15) is 0 Å². The maximum atomic E-state index is 14.1. The fraction of sp³-hybridized carbons (Fsp3) is 0.425. The van der Waals surface area contributed by atoms with Crippen LogP contribution in [-0.2, 0) is 32.0 Å². The highest BCUT2D eigenvalue weighted by Gasteiger charge is 2.32. The standard InChI is InChI=1S/C40H51N5O9/c1-25(2)35-40(50)42-21-10-14-27-18-19-31(51-3)33(23-27)54-24-34(46)41-20-11-16-29(43-37(47)28-15-9-17-32(52-4)36(28)53-5)38(48)44-30(39(49)45-35)22-26-12-7-6-8-13-26/h6-9,12-13,15,17-19,23,25,29-30,35H,10-11,14,16,20-22,24H2,1-5H3,(H,41,46)(H,42,50)(H,43,47)(H,44,48)(H,45,49)/t29-,30-,35+/m0/s1. The van der Waals surface area contributed by atoms with Gasteiger partial charge < -0.3 is 45.5 Å². The third-order valence-electron chi connectivity index (χ3n) is 8.95. The minimum atomic E-state index is -1.14. The van der Waals surface area contributed by atoms with Gasteiger partial charge in [0.05, 0.1) is 26.9 Å². The molecule has 0 aliphatic carbocycles. The van der Waals surface area contributed by atoms with Gasteiger partial charge in [0.1, 0.15) is 18.1 Å². The number of ether oxygens (including phenoxy) is 4. The molecule has 0 radical (unpaired) electrons. The Hall–Kier alpha value is -5.79. The normalized spacial score (nSPS) is 19.3. The first-order valence-corrected chi connectivity index (χ1v) is 18.0. The highest BCUT2D eigenvalue weighted by atomic mass is 16.5. The van der Waals surface area contributed by atoms with Crippen LogP contribution < -0.4 is 45.5 Å². The molecule has 1 aliphatic heterocycles. The van der Waals surface area contributed by atoms with E-state index < -0.39 is 41.8 Å². The molecule has 14 nitrogen and oxygen atoms in total. The number of amides is 5. The number of aryl methyl sites for hydroxylation is 1. The van der Waals surface area contributed by atoms with Crippen molar-refractivity contribution >= 4 is 29.5 Å². The van der Waals surface area contributed by atoms with Crippen LogP contribution in [-0.4, -0.2) is 88.7 Å². The molecule has 5 amide bonds. The Morgan fingerprint density at radius 3 is 2.26 bits per heavy atom. The van der Waals surface area contributed by atoms with Crippen molar-refractivity contribution in [3.63, 3.8) is 0 Å². The summed E-state index contributed by atoms with van der Waals surface area (Å²) in [6.07, 6.45) is 1.70. The molecule has 0 unspecified atom stereocenters. The predicted molar refractivity (Wildman–Crippen MR) is 202 cm³/mol. The lowest BCUT2D eigenvalue weighted by atomic mass is 10.00. The van der Waals surface area contributed by atoms with Crippen molar-refractivity contribution in [3.8, 4) is 23.0 Å². The fourth-order valence-electron chi connectivity index (χ4n) is 6.02. The van der Waals surface area contributed by atoms with Crippen LogP contribution in [0, 0.1) is 5.92 Å². The Labute approximate surface area is 316 Å². The van der Waals surface area contributed by atoms with E-state index in [2.05, 4.69) is 26.6 Å². The lowest BCUT2D eigenvalue weighted by molar-refractivity contribution is -0.133. The van der Waals surface area contributed by atoms with E-state index in [-0.39, 0.29) is 55.6 Å². The van der Waals surface area contributed by atoms with Crippen LogP contribution in [0.2, 0.25) is 0 Å². The maximum Gasteiger partial charge on any atom is 0.257 e. The van der Waals surface area contributed by atoms with Crippen LogP contribution in [0.4, 0.5) is 0 Å². The van der Waals surface area contributed by atoms with E-state index in [1.807, 2.05) is 50.2 Å². The molecule has 54 heavy (non-hydrogen) atoms. The average molecular weight is 746 g/mol. The number of methoxy groups -OCH3 is 3. The summed E-state index contributed by atoms with van der Waals surface area (Å²) in [5.74, 6) is -1.43. The molecule has 1 aliphatic rings. The zero-order chi connectivity index (χ0) is 39.0. The SMILES string of the molecule is COc1ccc2cc1OCC(=O)NCCC[C@H](NC(=O)c1cccc(OC)c1OC)C(=O)N[C@@H](Cc1ccccc1)C(=O)N[C@H](C(C)C)C(=O)NCCC2. The topological polar surface area (TPSA) is 182 Å². The molecular formula is C40H51N5O9. The first-order chi connectivity index (χ1) is 26.0. The van der Waals surface area contributed by atoms with Gasteiger partial charge in [-0.1, -0.05) is 56.3 Å². The number of hydrogen-bond acceptors (Lipinski definition) is 9. The molecule has 0 spiro atoms. The van der Waals surface area contributed by atoms with E-state index >= 15 is 0 Å². The summed E-state index contributed by atoms with van der Waals surface area (Å²) >= 11 is 0. The second-order valence-electron chi connectivity index (χ2n) is 13.2. The minimum Gasteiger partial charge on any atom is -0.493 e. The van der Waals surface area contributed by atoms with E-state index in [9.17, 15) is 24.0 Å². The van der Waals surface area contributed by atoms with Crippen LogP contribution in [0.3, 0.4) is 0 Å². The second-order valence-corrected chi connectivity index (χ2v) is 13.2. The number of benzene rings is 3. The number of fused-ring (bicyclic) bond motifs is 2. The monoisotopic (exact) mass is 745 g/mol. The van der Waals surface area contributed by atoms with Gasteiger partial charge in [-0.25, -0.2) is 0 Å². The molecule has 1 heterocycles. The van der Waals surface area contributed by atoms with Crippen molar-refractivity contribution < 1.29 is 42.9 Å². The number of nitrogens with one attached hydrogen (secondary N) is 5. The number of para-hydroxylation sites is 1. The molecule has 5 N–H and O–H groups in total. The lowest BCUT2D eigenvalue weighted by Crippen LogP contribution is -2.58. The quantitative estimate of drug-likeness (QED) is 0.232. The Morgan fingerprint density at radius 1 is 0.815 bits per heavy atom. The van der Waals surface area contributed by atoms with Crippen molar-refractivity contribution in [2.45, 2.75) is 64.1 Å². The molecule has 2 bridgehead atoms. The van der Waals surface area contributed by atoms with E-state index in [1.54, 1.807) is 30.3 Å². The third-order valence-corrected chi connectivity index (χ3v) is 8.95. The van der Waals surface area contributed by atoms with Gasteiger partial charge in [-0.15, -0.1) is 0 Å². The van der Waals surface area contributed by atoms with Crippen molar-refractivity contribution in [1.29, 1.82) is 0 Å². The van der Waals surface area contributed by atoms with Gasteiger partial charge >= 0.3 is 0 Å². The number of carbonyl (C=O) groups excluding carboxylic acids is 5. The summed E-state index contributed by atoms with van der Waals surface area (Å²) in [4.78, 5) is 67.9. The Morgan fingerprint density at radius 2 is 1.56 bits per heavy atom. The Kier molecular flexibility index (Phi) is 15.5. The number of rotatable bonds is 8. The molecule has 290 valence electrons. The van der Waals surface area contributed by atoms with Gasteiger partial charge in [-0.3, -0.25) is 24.0 Å². The van der Waals surface area contributed by atoms with Gasteiger partial charge in [0.15, 0.2) is 29.6 Å². The molecule has 0 saturated heterocycles. The zero-order valence-corrected chi connectivity index (χ0v) is 31.5. The predicted octanol–water partition coefficient (Wildman–Crippen LogP) is 2.72. The maximum absolute atomic E-state index is 14.1. The van der Waals surface area contributed by atoms with Gasteiger partial charge in [0.2, 0.25) is 17.7 Å². The molecule has 3 atom stereocenters. The molecule has 0 fully saturated rings. The van der Waals surface area contributed by atoms with Crippen molar-refractivity contribution in [2.75, 3.05) is 41.0 Å². The first kappa shape index (κ1) is 41.0.